The van der Waals surface area contributed by atoms with E-state index in [0.717, 1.165) is 17.5 Å². The fourth-order valence-electron chi connectivity index (χ4n) is 3.02. The fraction of sp³-hybridized carbons (Fsp3) is 0.524. The van der Waals surface area contributed by atoms with E-state index < -0.39 is 17.5 Å². The van der Waals surface area contributed by atoms with Crippen LogP contribution in [0.25, 0.3) is 0 Å². The van der Waals surface area contributed by atoms with Crippen LogP contribution in [0, 0.1) is 5.82 Å². The normalized spacial score (nSPS) is 16.7. The predicted molar refractivity (Wildman–Crippen MR) is 113 cm³/mol. The average Bonchev–Trinajstić information content (AvgIpc) is 2.73. The summed E-state index contributed by atoms with van der Waals surface area (Å²) < 4.78 is 50.8. The molecular weight excluding hydrogens is 438 g/mol. The maximum absolute atomic E-state index is 13.0. The van der Waals surface area contributed by atoms with Crippen molar-refractivity contribution in [3.63, 3.8) is 0 Å². The van der Waals surface area contributed by atoms with Crippen molar-refractivity contribution in [3.05, 3.63) is 47.9 Å². The van der Waals surface area contributed by atoms with E-state index in [0.29, 0.717) is 32.4 Å². The molecule has 0 bridgehead atoms. The summed E-state index contributed by atoms with van der Waals surface area (Å²) in [4.78, 5) is 13.9. The quantitative estimate of drug-likeness (QED) is 0.223. The largest absolute Gasteiger partial charge is 0.430 e. The van der Waals surface area contributed by atoms with Crippen LogP contribution in [0.3, 0.4) is 0 Å². The van der Waals surface area contributed by atoms with Gasteiger partial charge in [-0.25, -0.2) is 4.39 Å². The van der Waals surface area contributed by atoms with Gasteiger partial charge in [0.15, 0.2) is 0 Å². The van der Waals surface area contributed by atoms with Crippen LogP contribution >= 0.6 is 11.6 Å². The minimum absolute atomic E-state index is 0.175. The first-order valence-electron chi connectivity index (χ1n) is 9.73. The van der Waals surface area contributed by atoms with Crippen LogP contribution in [-0.2, 0) is 11.2 Å². The summed E-state index contributed by atoms with van der Waals surface area (Å²) in [5, 5.41) is 15.3. The summed E-state index contributed by atoms with van der Waals surface area (Å²) in [6.07, 6.45) is 0.421. The van der Waals surface area contributed by atoms with Crippen LogP contribution in [0.1, 0.15) is 32.3 Å². The van der Waals surface area contributed by atoms with E-state index in [1.54, 1.807) is 19.1 Å². The molecule has 0 atom stereocenters. The maximum Gasteiger partial charge on any atom is 0.430 e. The van der Waals surface area contributed by atoms with Crippen molar-refractivity contribution in [1.29, 1.82) is 0 Å². The monoisotopic (exact) mass is 465 g/mol. The van der Waals surface area contributed by atoms with Gasteiger partial charge in [0.25, 0.3) is 0 Å². The Morgan fingerprint density at radius 3 is 2.29 bits per heavy atom. The van der Waals surface area contributed by atoms with Crippen LogP contribution < -0.4 is 0 Å². The zero-order valence-electron chi connectivity index (χ0n) is 17.8. The van der Waals surface area contributed by atoms with Crippen molar-refractivity contribution < 1.29 is 27.5 Å². The maximum atomic E-state index is 13.0. The lowest BCUT2D eigenvalue weighted by atomic mass is 9.85. The molecule has 1 aliphatic rings. The Balaban J connectivity index is 0.00000233. The zero-order valence-corrected chi connectivity index (χ0v) is 18.5. The van der Waals surface area contributed by atoms with Gasteiger partial charge in [0.2, 0.25) is 5.91 Å². The molecule has 1 amide bonds. The molecule has 0 radical (unpaired) electrons. The number of carbonyl (C=O) groups is 1. The molecule has 0 unspecified atom stereocenters. The van der Waals surface area contributed by atoms with Crippen molar-refractivity contribution in [2.45, 2.75) is 44.9 Å². The SMILES string of the molecule is CCN(/C=C/C(=O)N1CCC(O)(Cc2ccc(F)cc2)CC1)/N=C(\C)C(F)(F)F.CCl. The molecule has 1 aromatic carbocycles. The third-order valence-corrected chi connectivity index (χ3v) is 4.85. The van der Waals surface area contributed by atoms with Gasteiger partial charge >= 0.3 is 6.18 Å². The number of hydrogen-bond donors (Lipinski definition) is 1. The topological polar surface area (TPSA) is 56.1 Å². The number of likely N-dealkylation sites (tertiary alicyclic amines) is 1. The van der Waals surface area contributed by atoms with Gasteiger partial charge in [-0.1, -0.05) is 12.1 Å². The van der Waals surface area contributed by atoms with Gasteiger partial charge < -0.3 is 10.0 Å². The predicted octanol–water partition coefficient (Wildman–Crippen LogP) is 4.35. The van der Waals surface area contributed by atoms with Gasteiger partial charge in [0.1, 0.15) is 11.5 Å². The smallest absolute Gasteiger partial charge is 0.389 e. The van der Waals surface area contributed by atoms with Crippen LogP contribution in [-0.4, -0.2) is 64.4 Å². The standard InChI is InChI=1S/C20H25F4N3O2.CH3Cl/c1-3-27(25-15(2)20(22,23)24)11-8-18(28)26-12-9-19(29,10-13-26)14-16-4-6-17(21)7-5-16;1-2/h4-8,11,29H,3,9-10,12-14H2,1-2H3;1H3/b11-8+,25-15+;. The summed E-state index contributed by atoms with van der Waals surface area (Å²) in [5.41, 5.74) is -1.17. The molecule has 174 valence electrons. The van der Waals surface area contributed by atoms with E-state index in [1.165, 1.54) is 35.7 Å². The first-order chi connectivity index (χ1) is 14.5. The number of halogens is 5. The number of hydrogen-bond acceptors (Lipinski definition) is 4. The number of hydrazone groups is 1. The molecule has 0 aliphatic carbocycles. The van der Waals surface area contributed by atoms with Crippen LogP contribution in [0.15, 0.2) is 41.6 Å². The van der Waals surface area contributed by atoms with E-state index in [1.807, 2.05) is 0 Å². The molecule has 1 aliphatic heterocycles. The summed E-state index contributed by atoms with van der Waals surface area (Å²) in [6.45, 7) is 3.30. The third kappa shape index (κ3) is 8.86. The minimum Gasteiger partial charge on any atom is -0.389 e. The molecule has 1 N–H and O–H groups in total. The second-order valence-corrected chi connectivity index (χ2v) is 7.11. The first kappa shape index (κ1) is 26.9. The summed E-state index contributed by atoms with van der Waals surface area (Å²) >= 11 is 4.64. The fourth-order valence-corrected chi connectivity index (χ4v) is 3.02. The number of nitrogens with zero attached hydrogens (tertiary/aromatic N) is 3. The summed E-state index contributed by atoms with van der Waals surface area (Å²) in [6, 6.07) is 5.92. The average molecular weight is 466 g/mol. The van der Waals surface area contributed by atoms with Gasteiger partial charge in [-0.15, -0.1) is 11.6 Å². The van der Waals surface area contributed by atoms with E-state index in [-0.39, 0.29) is 18.3 Å². The van der Waals surface area contributed by atoms with E-state index >= 15 is 0 Å². The number of amides is 1. The summed E-state index contributed by atoms with van der Waals surface area (Å²) in [5.74, 6) is -0.698. The lowest BCUT2D eigenvalue weighted by Crippen LogP contribution is -2.47. The summed E-state index contributed by atoms with van der Waals surface area (Å²) in [7, 11) is 0. The Bertz CT molecular complexity index is 759. The number of aliphatic hydroxyl groups is 1. The lowest BCUT2D eigenvalue weighted by molar-refractivity contribution is -0.130. The minimum atomic E-state index is -4.52. The molecule has 10 heteroatoms. The second-order valence-electron chi connectivity index (χ2n) is 7.11. The molecule has 0 saturated carbocycles. The highest BCUT2D eigenvalue weighted by Crippen LogP contribution is 2.26. The number of benzene rings is 1. The Morgan fingerprint density at radius 1 is 1.26 bits per heavy atom. The Kier molecular flexibility index (Phi) is 10.5. The van der Waals surface area contributed by atoms with Gasteiger partial charge in [-0.3, -0.25) is 9.80 Å². The molecule has 1 heterocycles. The molecule has 2 rings (SSSR count). The number of rotatable bonds is 6. The van der Waals surface area contributed by atoms with Crippen LogP contribution in [0.5, 0.6) is 0 Å². The van der Waals surface area contributed by atoms with Gasteiger partial charge in [0.05, 0.1) is 5.60 Å². The van der Waals surface area contributed by atoms with Gasteiger partial charge in [-0.05, 0) is 44.4 Å². The second kappa shape index (κ2) is 12.0. The van der Waals surface area contributed by atoms with Crippen LogP contribution in [0.2, 0.25) is 0 Å². The lowest BCUT2D eigenvalue weighted by Gasteiger charge is -2.38. The van der Waals surface area contributed by atoms with Crippen molar-refractivity contribution in [2.24, 2.45) is 5.10 Å². The molecule has 5 nitrogen and oxygen atoms in total. The van der Waals surface area contributed by atoms with Crippen molar-refractivity contribution in [3.8, 4) is 0 Å². The number of carbonyl (C=O) groups excluding carboxylic acids is 1. The van der Waals surface area contributed by atoms with E-state index in [4.69, 9.17) is 0 Å². The third-order valence-electron chi connectivity index (χ3n) is 4.85. The Hall–Kier alpha value is -2.13. The van der Waals surface area contributed by atoms with Gasteiger partial charge in [-0.2, -0.15) is 18.3 Å². The highest BCUT2D eigenvalue weighted by Gasteiger charge is 2.34. The zero-order chi connectivity index (χ0) is 23.7. The van der Waals surface area contributed by atoms with E-state index in [9.17, 15) is 27.5 Å². The van der Waals surface area contributed by atoms with Crippen molar-refractivity contribution in [1.82, 2.24) is 9.91 Å². The Labute approximate surface area is 185 Å². The van der Waals surface area contributed by atoms with Crippen molar-refractivity contribution in [2.75, 3.05) is 26.0 Å². The van der Waals surface area contributed by atoms with Crippen molar-refractivity contribution >= 4 is 23.2 Å². The first-order valence-corrected chi connectivity index (χ1v) is 10.5. The highest BCUT2D eigenvalue weighted by molar-refractivity contribution is 6.15. The molecule has 1 saturated heterocycles. The molecular formula is C21H28ClF4N3O2. The number of piperidine rings is 1. The molecule has 31 heavy (non-hydrogen) atoms. The Morgan fingerprint density at radius 2 is 1.81 bits per heavy atom. The molecule has 1 fully saturated rings. The molecule has 0 aromatic heterocycles. The molecule has 1 aromatic rings. The van der Waals surface area contributed by atoms with Gasteiger partial charge in [0, 0.05) is 44.7 Å². The number of alkyl halides is 4. The molecule has 0 spiro atoms. The van der Waals surface area contributed by atoms with E-state index in [2.05, 4.69) is 16.7 Å². The van der Waals surface area contributed by atoms with Crippen LogP contribution in [0.4, 0.5) is 17.6 Å². The highest BCUT2D eigenvalue weighted by atomic mass is 35.5.